The van der Waals surface area contributed by atoms with Crippen molar-refractivity contribution in [2.24, 2.45) is 5.92 Å². The van der Waals surface area contributed by atoms with Gasteiger partial charge in [0.1, 0.15) is 6.04 Å². The van der Waals surface area contributed by atoms with E-state index >= 15 is 0 Å². The number of nitrogens with zero attached hydrogens (tertiary/aromatic N) is 1. The molecule has 1 N–H and O–H groups in total. The monoisotopic (exact) mass is 419 g/mol. The molecule has 1 saturated carbocycles. The SMILES string of the molecule is CCCCCCCCC=CCCCCCCCC(=O)N1[C@H](C(=O)O)C[C@@H]2CCC[C@@H]21. The Kier molecular flexibility index (Phi) is 12.2. The fourth-order valence-electron chi connectivity index (χ4n) is 5.34. The summed E-state index contributed by atoms with van der Waals surface area (Å²) in [4.78, 5) is 26.0. The molecule has 3 atom stereocenters. The van der Waals surface area contributed by atoms with Crippen LogP contribution in [0.3, 0.4) is 0 Å². The predicted molar refractivity (Wildman–Crippen MR) is 123 cm³/mol. The minimum Gasteiger partial charge on any atom is -0.480 e. The van der Waals surface area contributed by atoms with E-state index < -0.39 is 12.0 Å². The third-order valence-corrected chi connectivity index (χ3v) is 7.06. The van der Waals surface area contributed by atoms with Crippen molar-refractivity contribution in [1.29, 1.82) is 0 Å². The van der Waals surface area contributed by atoms with Crippen LogP contribution in [0.4, 0.5) is 0 Å². The van der Waals surface area contributed by atoms with E-state index in [1.54, 1.807) is 4.90 Å². The van der Waals surface area contributed by atoms with Gasteiger partial charge in [0.2, 0.25) is 5.91 Å². The number of carbonyl (C=O) groups is 2. The third-order valence-electron chi connectivity index (χ3n) is 7.06. The van der Waals surface area contributed by atoms with Gasteiger partial charge in [-0.1, -0.05) is 76.9 Å². The quantitative estimate of drug-likeness (QED) is 0.219. The van der Waals surface area contributed by atoms with E-state index in [9.17, 15) is 14.7 Å². The summed E-state index contributed by atoms with van der Waals surface area (Å²) in [5.41, 5.74) is 0. The minimum atomic E-state index is -0.817. The molecule has 4 nitrogen and oxygen atoms in total. The Labute approximate surface area is 184 Å². The van der Waals surface area contributed by atoms with Crippen LogP contribution in [0.5, 0.6) is 0 Å². The Morgan fingerprint density at radius 2 is 1.47 bits per heavy atom. The van der Waals surface area contributed by atoms with Crippen LogP contribution in [-0.2, 0) is 9.59 Å². The number of rotatable bonds is 16. The number of amides is 1. The lowest BCUT2D eigenvalue weighted by Gasteiger charge is -2.27. The number of aliphatic carboxylic acids is 1. The Morgan fingerprint density at radius 1 is 0.867 bits per heavy atom. The number of carbonyl (C=O) groups excluding carboxylic acids is 1. The van der Waals surface area contributed by atoms with Crippen LogP contribution < -0.4 is 0 Å². The molecule has 0 bridgehead atoms. The van der Waals surface area contributed by atoms with Gasteiger partial charge in [0.25, 0.3) is 0 Å². The first-order valence-electron chi connectivity index (χ1n) is 12.8. The molecule has 0 spiro atoms. The lowest BCUT2D eigenvalue weighted by molar-refractivity contribution is -0.149. The van der Waals surface area contributed by atoms with Gasteiger partial charge in [0, 0.05) is 12.5 Å². The zero-order valence-electron chi connectivity index (χ0n) is 19.3. The number of carboxylic acids is 1. The number of hydrogen-bond acceptors (Lipinski definition) is 2. The number of allylic oxidation sites excluding steroid dienone is 2. The smallest absolute Gasteiger partial charge is 0.326 e. The number of carboxylic acid groups (broad SMARTS) is 1. The molecule has 4 heteroatoms. The van der Waals surface area contributed by atoms with Gasteiger partial charge in [-0.05, 0) is 57.3 Å². The molecule has 172 valence electrons. The summed E-state index contributed by atoms with van der Waals surface area (Å²) in [6.45, 7) is 2.26. The molecule has 2 aliphatic rings. The first-order valence-corrected chi connectivity index (χ1v) is 12.8. The van der Waals surface area contributed by atoms with Crippen molar-refractivity contribution in [2.75, 3.05) is 0 Å². The maximum absolute atomic E-state index is 12.7. The average molecular weight is 420 g/mol. The normalized spacial score (nSPS) is 23.4. The zero-order valence-corrected chi connectivity index (χ0v) is 19.3. The standard InChI is InChI=1S/C26H45NO3/c1-2-3-4-5-6-7-8-9-10-11-12-13-14-15-16-20-25(28)27-23-19-17-18-22(23)21-24(27)26(29)30/h9-10,22-24H,2-8,11-21H2,1H3,(H,29,30)/t22-,23-,24-/m0/s1. The van der Waals surface area contributed by atoms with E-state index in [1.807, 2.05) is 0 Å². The molecule has 2 fully saturated rings. The van der Waals surface area contributed by atoms with E-state index in [4.69, 9.17) is 0 Å². The molecule has 30 heavy (non-hydrogen) atoms. The van der Waals surface area contributed by atoms with Crippen molar-refractivity contribution in [1.82, 2.24) is 4.90 Å². The van der Waals surface area contributed by atoms with E-state index in [0.717, 1.165) is 32.1 Å². The molecule has 1 saturated heterocycles. The third kappa shape index (κ3) is 8.43. The summed E-state index contributed by atoms with van der Waals surface area (Å²) in [7, 11) is 0. The highest BCUT2D eigenvalue weighted by Gasteiger charge is 2.48. The highest BCUT2D eigenvalue weighted by atomic mass is 16.4. The van der Waals surface area contributed by atoms with Crippen LogP contribution in [0.25, 0.3) is 0 Å². The van der Waals surface area contributed by atoms with E-state index in [1.165, 1.54) is 70.6 Å². The van der Waals surface area contributed by atoms with Crippen LogP contribution in [0.15, 0.2) is 12.2 Å². The highest BCUT2D eigenvalue weighted by Crippen LogP contribution is 2.41. The molecule has 0 unspecified atom stereocenters. The van der Waals surface area contributed by atoms with Gasteiger partial charge < -0.3 is 10.0 Å². The Morgan fingerprint density at radius 3 is 2.10 bits per heavy atom. The van der Waals surface area contributed by atoms with Gasteiger partial charge in [-0.3, -0.25) is 4.79 Å². The van der Waals surface area contributed by atoms with Gasteiger partial charge in [-0.15, -0.1) is 0 Å². The lowest BCUT2D eigenvalue weighted by Crippen LogP contribution is -2.44. The van der Waals surface area contributed by atoms with Crippen LogP contribution in [0, 0.1) is 5.92 Å². The van der Waals surface area contributed by atoms with E-state index in [2.05, 4.69) is 19.1 Å². The topological polar surface area (TPSA) is 57.6 Å². The largest absolute Gasteiger partial charge is 0.480 e. The fraction of sp³-hybridized carbons (Fsp3) is 0.846. The van der Waals surface area contributed by atoms with E-state index in [0.29, 0.717) is 18.8 Å². The van der Waals surface area contributed by atoms with Gasteiger partial charge in [0.15, 0.2) is 0 Å². The van der Waals surface area contributed by atoms with Crippen LogP contribution in [-0.4, -0.2) is 34.0 Å². The summed E-state index contributed by atoms with van der Waals surface area (Å²) in [5, 5.41) is 9.49. The van der Waals surface area contributed by atoms with Gasteiger partial charge >= 0.3 is 5.97 Å². The first-order chi connectivity index (χ1) is 14.6. The molecule has 0 radical (unpaired) electrons. The fourth-order valence-corrected chi connectivity index (χ4v) is 5.34. The summed E-state index contributed by atoms with van der Waals surface area (Å²) in [6, 6.07) is -0.377. The van der Waals surface area contributed by atoms with Crippen LogP contribution in [0.1, 0.15) is 122 Å². The molecular weight excluding hydrogens is 374 g/mol. The van der Waals surface area contributed by atoms with Crippen molar-refractivity contribution in [3.05, 3.63) is 12.2 Å². The molecule has 0 aromatic heterocycles. The van der Waals surface area contributed by atoms with Crippen molar-refractivity contribution >= 4 is 11.9 Å². The van der Waals surface area contributed by atoms with Crippen molar-refractivity contribution in [2.45, 2.75) is 135 Å². The number of fused-ring (bicyclic) bond motifs is 1. The second-order valence-electron chi connectivity index (χ2n) is 9.48. The lowest BCUT2D eigenvalue weighted by atomic mass is 10.0. The molecule has 2 rings (SSSR count). The van der Waals surface area contributed by atoms with Gasteiger partial charge in [-0.25, -0.2) is 4.79 Å². The molecule has 0 aromatic carbocycles. The van der Waals surface area contributed by atoms with Gasteiger partial charge in [-0.2, -0.15) is 0 Å². The first kappa shape index (κ1) is 24.9. The average Bonchev–Trinajstić information content (AvgIpc) is 3.32. The minimum absolute atomic E-state index is 0.0782. The molecule has 1 aliphatic heterocycles. The van der Waals surface area contributed by atoms with Crippen LogP contribution >= 0.6 is 0 Å². The molecule has 0 aromatic rings. The Bertz CT molecular complexity index is 530. The Hall–Kier alpha value is -1.32. The summed E-state index contributed by atoms with van der Waals surface area (Å²) < 4.78 is 0. The van der Waals surface area contributed by atoms with Crippen molar-refractivity contribution < 1.29 is 14.7 Å². The van der Waals surface area contributed by atoms with Gasteiger partial charge in [0.05, 0.1) is 0 Å². The number of likely N-dealkylation sites (tertiary alicyclic amines) is 1. The highest BCUT2D eigenvalue weighted by molar-refractivity contribution is 5.84. The van der Waals surface area contributed by atoms with E-state index in [-0.39, 0.29) is 11.9 Å². The zero-order chi connectivity index (χ0) is 21.6. The van der Waals surface area contributed by atoms with Crippen molar-refractivity contribution in [3.8, 4) is 0 Å². The maximum Gasteiger partial charge on any atom is 0.326 e. The second kappa shape index (κ2) is 14.6. The molecule has 1 aliphatic carbocycles. The number of hydrogen-bond donors (Lipinski definition) is 1. The Balaban J connectivity index is 1.46. The maximum atomic E-state index is 12.7. The van der Waals surface area contributed by atoms with Crippen molar-refractivity contribution in [3.63, 3.8) is 0 Å². The molecule has 1 amide bonds. The molecule has 1 heterocycles. The summed E-state index contributed by atoms with van der Waals surface area (Å²) in [6.07, 6.45) is 25.3. The predicted octanol–water partition coefficient (Wildman–Crippen LogP) is 6.88. The van der Waals surface area contributed by atoms with Crippen LogP contribution in [0.2, 0.25) is 0 Å². The molecular formula is C26H45NO3. The summed E-state index contributed by atoms with van der Waals surface area (Å²) >= 11 is 0. The second-order valence-corrected chi connectivity index (χ2v) is 9.48. The number of unbranched alkanes of at least 4 members (excludes halogenated alkanes) is 11. The summed E-state index contributed by atoms with van der Waals surface area (Å²) in [5.74, 6) is -0.319.